The minimum Gasteiger partial charge on any atom is -0.310 e. The lowest BCUT2D eigenvalue weighted by Gasteiger charge is -2.22. The van der Waals surface area contributed by atoms with E-state index in [1.165, 1.54) is 11.1 Å². The van der Waals surface area contributed by atoms with E-state index >= 15 is 0 Å². The molecule has 2 aromatic rings. The smallest absolute Gasteiger partial charge is 0.0208 e. The van der Waals surface area contributed by atoms with E-state index in [0.29, 0.717) is 12.0 Å². The van der Waals surface area contributed by atoms with E-state index in [9.17, 15) is 0 Å². The van der Waals surface area contributed by atoms with Crippen LogP contribution in [0.2, 0.25) is 0 Å². The second-order valence-electron chi connectivity index (χ2n) is 4.85. The molecule has 0 aliphatic rings. The highest BCUT2D eigenvalue weighted by Gasteiger charge is 2.13. The van der Waals surface area contributed by atoms with E-state index in [2.05, 4.69) is 79.8 Å². The summed E-state index contributed by atoms with van der Waals surface area (Å²) >= 11 is 0. The molecule has 0 saturated carbocycles. The Bertz CT molecular complexity index is 450. The lowest BCUT2D eigenvalue weighted by Crippen LogP contribution is -2.30. The van der Waals surface area contributed by atoms with E-state index in [0.717, 1.165) is 6.54 Å². The number of benzene rings is 2. The SMILES string of the molecule is CC(NCc1ccccc1)C(C)c1ccccc1. The Morgan fingerprint density at radius 1 is 0.833 bits per heavy atom. The number of rotatable bonds is 5. The minimum atomic E-state index is 0.465. The first-order chi connectivity index (χ1) is 8.77. The molecule has 0 spiro atoms. The Morgan fingerprint density at radius 3 is 2.00 bits per heavy atom. The molecule has 0 saturated heterocycles. The van der Waals surface area contributed by atoms with Gasteiger partial charge in [0.2, 0.25) is 0 Å². The summed E-state index contributed by atoms with van der Waals surface area (Å²) < 4.78 is 0. The molecule has 0 bridgehead atoms. The molecule has 18 heavy (non-hydrogen) atoms. The second kappa shape index (κ2) is 6.36. The van der Waals surface area contributed by atoms with Gasteiger partial charge in [0.15, 0.2) is 0 Å². The van der Waals surface area contributed by atoms with E-state index in [4.69, 9.17) is 0 Å². The van der Waals surface area contributed by atoms with Crippen LogP contribution in [0.1, 0.15) is 30.9 Å². The number of nitrogens with one attached hydrogen (secondary N) is 1. The molecule has 0 heterocycles. The Kier molecular flexibility index (Phi) is 4.54. The molecule has 0 amide bonds. The van der Waals surface area contributed by atoms with Gasteiger partial charge in [-0.1, -0.05) is 67.6 Å². The minimum absolute atomic E-state index is 0.465. The van der Waals surface area contributed by atoms with Gasteiger partial charge in [0, 0.05) is 12.6 Å². The summed E-state index contributed by atoms with van der Waals surface area (Å²) in [7, 11) is 0. The van der Waals surface area contributed by atoms with Crippen LogP contribution < -0.4 is 5.32 Å². The lowest BCUT2D eigenvalue weighted by molar-refractivity contribution is 0.480. The quantitative estimate of drug-likeness (QED) is 0.832. The maximum absolute atomic E-state index is 3.60. The first-order valence-corrected chi connectivity index (χ1v) is 6.59. The molecule has 0 aromatic heterocycles. The Balaban J connectivity index is 1.90. The average molecular weight is 239 g/mol. The third-order valence-corrected chi connectivity index (χ3v) is 3.55. The third-order valence-electron chi connectivity index (χ3n) is 3.55. The van der Waals surface area contributed by atoms with Crippen LogP contribution in [-0.2, 0) is 6.54 Å². The molecule has 0 aliphatic heterocycles. The Morgan fingerprint density at radius 2 is 1.39 bits per heavy atom. The Labute approximate surface area is 110 Å². The fourth-order valence-electron chi connectivity index (χ4n) is 2.10. The lowest BCUT2D eigenvalue weighted by atomic mass is 9.94. The molecule has 2 atom stereocenters. The predicted molar refractivity (Wildman–Crippen MR) is 77.6 cm³/mol. The van der Waals surface area contributed by atoms with Gasteiger partial charge in [-0.15, -0.1) is 0 Å². The predicted octanol–water partition coefficient (Wildman–Crippen LogP) is 3.97. The number of hydrogen-bond acceptors (Lipinski definition) is 1. The second-order valence-corrected chi connectivity index (χ2v) is 4.85. The van der Waals surface area contributed by atoms with Crippen molar-refractivity contribution >= 4 is 0 Å². The average Bonchev–Trinajstić information content (AvgIpc) is 2.46. The summed E-state index contributed by atoms with van der Waals surface area (Å²) in [5, 5.41) is 3.60. The molecule has 1 heteroatoms. The van der Waals surface area contributed by atoms with Crippen LogP contribution in [0, 0.1) is 0 Å². The van der Waals surface area contributed by atoms with Gasteiger partial charge in [0.05, 0.1) is 0 Å². The molecule has 0 radical (unpaired) electrons. The molecule has 0 fully saturated rings. The first-order valence-electron chi connectivity index (χ1n) is 6.59. The van der Waals surface area contributed by atoms with Crippen molar-refractivity contribution < 1.29 is 0 Å². The summed E-state index contributed by atoms with van der Waals surface area (Å²) in [5.74, 6) is 0.523. The largest absolute Gasteiger partial charge is 0.310 e. The third kappa shape index (κ3) is 3.44. The van der Waals surface area contributed by atoms with Crippen molar-refractivity contribution in [2.75, 3.05) is 0 Å². The highest BCUT2D eigenvalue weighted by molar-refractivity contribution is 5.20. The molecule has 2 rings (SSSR count). The zero-order valence-electron chi connectivity index (χ0n) is 11.1. The topological polar surface area (TPSA) is 12.0 Å². The van der Waals surface area contributed by atoms with Crippen LogP contribution in [0.25, 0.3) is 0 Å². The maximum atomic E-state index is 3.60. The zero-order chi connectivity index (χ0) is 12.8. The summed E-state index contributed by atoms with van der Waals surface area (Å²) in [6.45, 7) is 5.46. The van der Waals surface area contributed by atoms with Crippen LogP contribution in [0.5, 0.6) is 0 Å². The van der Waals surface area contributed by atoms with Gasteiger partial charge in [-0.25, -0.2) is 0 Å². The van der Waals surface area contributed by atoms with E-state index in [-0.39, 0.29) is 0 Å². The molecule has 1 N–H and O–H groups in total. The van der Waals surface area contributed by atoms with Crippen LogP contribution in [0.15, 0.2) is 60.7 Å². The van der Waals surface area contributed by atoms with Crippen LogP contribution in [0.4, 0.5) is 0 Å². The molecule has 1 nitrogen and oxygen atoms in total. The monoisotopic (exact) mass is 239 g/mol. The van der Waals surface area contributed by atoms with Crippen molar-refractivity contribution in [2.45, 2.75) is 32.4 Å². The van der Waals surface area contributed by atoms with Crippen LogP contribution in [0.3, 0.4) is 0 Å². The summed E-state index contributed by atoms with van der Waals surface area (Å²) in [5.41, 5.74) is 2.73. The van der Waals surface area contributed by atoms with Crippen LogP contribution >= 0.6 is 0 Å². The van der Waals surface area contributed by atoms with E-state index < -0.39 is 0 Å². The highest BCUT2D eigenvalue weighted by atomic mass is 14.9. The van der Waals surface area contributed by atoms with Gasteiger partial charge in [0.1, 0.15) is 0 Å². The highest BCUT2D eigenvalue weighted by Crippen LogP contribution is 2.18. The van der Waals surface area contributed by atoms with Gasteiger partial charge in [-0.2, -0.15) is 0 Å². The molecule has 2 unspecified atom stereocenters. The van der Waals surface area contributed by atoms with Gasteiger partial charge < -0.3 is 5.32 Å². The standard InChI is InChI=1S/C17H21N/c1-14(17-11-7-4-8-12-17)15(2)18-13-16-9-5-3-6-10-16/h3-12,14-15,18H,13H2,1-2H3. The normalized spacial score (nSPS) is 14.1. The van der Waals surface area contributed by atoms with Gasteiger partial charge >= 0.3 is 0 Å². The fourth-order valence-corrected chi connectivity index (χ4v) is 2.10. The van der Waals surface area contributed by atoms with Gasteiger partial charge in [0.25, 0.3) is 0 Å². The maximum Gasteiger partial charge on any atom is 0.0208 e. The fraction of sp³-hybridized carbons (Fsp3) is 0.294. The van der Waals surface area contributed by atoms with Crippen molar-refractivity contribution in [3.63, 3.8) is 0 Å². The molecule has 94 valence electrons. The van der Waals surface area contributed by atoms with E-state index in [1.54, 1.807) is 0 Å². The molecule has 2 aromatic carbocycles. The zero-order valence-corrected chi connectivity index (χ0v) is 11.1. The summed E-state index contributed by atoms with van der Waals surface area (Å²) in [4.78, 5) is 0. The van der Waals surface area contributed by atoms with Crippen LogP contribution in [-0.4, -0.2) is 6.04 Å². The summed E-state index contributed by atoms with van der Waals surface area (Å²) in [6.07, 6.45) is 0. The molecular formula is C17H21N. The van der Waals surface area contributed by atoms with Crippen molar-refractivity contribution in [1.29, 1.82) is 0 Å². The van der Waals surface area contributed by atoms with Crippen molar-refractivity contribution in [3.8, 4) is 0 Å². The molecular weight excluding hydrogens is 218 g/mol. The van der Waals surface area contributed by atoms with Crippen molar-refractivity contribution in [3.05, 3.63) is 71.8 Å². The Hall–Kier alpha value is -1.60. The number of hydrogen-bond donors (Lipinski definition) is 1. The van der Waals surface area contributed by atoms with E-state index in [1.807, 2.05) is 0 Å². The van der Waals surface area contributed by atoms with Gasteiger partial charge in [-0.3, -0.25) is 0 Å². The summed E-state index contributed by atoms with van der Waals surface area (Å²) in [6, 6.07) is 21.7. The van der Waals surface area contributed by atoms with Crippen molar-refractivity contribution in [1.82, 2.24) is 5.32 Å². The first kappa shape index (κ1) is 12.8. The molecule has 0 aliphatic carbocycles. The van der Waals surface area contributed by atoms with Gasteiger partial charge in [-0.05, 0) is 24.0 Å². The van der Waals surface area contributed by atoms with Crippen molar-refractivity contribution in [2.24, 2.45) is 0 Å².